The third-order valence-corrected chi connectivity index (χ3v) is 3.02. The van der Waals surface area contributed by atoms with Crippen LogP contribution in [0.4, 0.5) is 0 Å². The Hall–Kier alpha value is -1.83. The highest BCUT2D eigenvalue weighted by Crippen LogP contribution is 2.27. The van der Waals surface area contributed by atoms with E-state index in [2.05, 4.69) is 30.1 Å². The second-order valence-electron chi connectivity index (χ2n) is 4.24. The number of hydrogen-bond acceptors (Lipinski definition) is 2. The van der Waals surface area contributed by atoms with E-state index >= 15 is 0 Å². The lowest BCUT2D eigenvalue weighted by Gasteiger charge is -2.14. The van der Waals surface area contributed by atoms with Crippen molar-refractivity contribution in [1.29, 1.82) is 0 Å². The van der Waals surface area contributed by atoms with E-state index in [4.69, 9.17) is 4.42 Å². The SMILES string of the molecule is CC1=CN=C2C=C(Cc3ccco3)C=CC12. The third kappa shape index (κ3) is 1.56. The maximum absolute atomic E-state index is 5.34. The monoisotopic (exact) mass is 211 g/mol. The van der Waals surface area contributed by atoms with Crippen molar-refractivity contribution in [3.8, 4) is 0 Å². The molecule has 1 unspecified atom stereocenters. The molecule has 0 fully saturated rings. The molecular formula is C14H13NO. The van der Waals surface area contributed by atoms with Gasteiger partial charge in [-0.2, -0.15) is 0 Å². The molecule has 0 saturated carbocycles. The van der Waals surface area contributed by atoms with E-state index in [1.165, 1.54) is 11.1 Å². The van der Waals surface area contributed by atoms with Gasteiger partial charge in [-0.1, -0.05) is 12.2 Å². The van der Waals surface area contributed by atoms with Gasteiger partial charge in [0, 0.05) is 18.5 Å². The van der Waals surface area contributed by atoms with Crippen LogP contribution in [0.5, 0.6) is 0 Å². The Morgan fingerprint density at radius 2 is 2.38 bits per heavy atom. The van der Waals surface area contributed by atoms with Crippen LogP contribution >= 0.6 is 0 Å². The normalized spacial score (nSPS) is 22.6. The summed E-state index contributed by atoms with van der Waals surface area (Å²) in [5, 5.41) is 0. The van der Waals surface area contributed by atoms with Crippen LogP contribution in [0.3, 0.4) is 0 Å². The Kier molecular flexibility index (Phi) is 2.13. The summed E-state index contributed by atoms with van der Waals surface area (Å²) in [5.74, 6) is 1.40. The Morgan fingerprint density at radius 1 is 1.44 bits per heavy atom. The first kappa shape index (κ1) is 9.40. The average Bonchev–Trinajstić information content (AvgIpc) is 2.90. The largest absolute Gasteiger partial charge is 0.469 e. The van der Waals surface area contributed by atoms with E-state index in [1.54, 1.807) is 6.26 Å². The molecule has 1 aromatic heterocycles. The van der Waals surface area contributed by atoms with E-state index in [9.17, 15) is 0 Å². The second-order valence-corrected chi connectivity index (χ2v) is 4.24. The molecule has 2 aliphatic rings. The van der Waals surface area contributed by atoms with E-state index in [-0.39, 0.29) is 0 Å². The fourth-order valence-corrected chi connectivity index (χ4v) is 2.13. The van der Waals surface area contributed by atoms with Gasteiger partial charge in [0.1, 0.15) is 5.76 Å². The summed E-state index contributed by atoms with van der Waals surface area (Å²) in [6.45, 7) is 2.12. The van der Waals surface area contributed by atoms with Crippen LogP contribution in [0.15, 0.2) is 63.4 Å². The Morgan fingerprint density at radius 3 is 3.19 bits per heavy atom. The zero-order valence-electron chi connectivity index (χ0n) is 9.18. The zero-order chi connectivity index (χ0) is 11.0. The van der Waals surface area contributed by atoms with Gasteiger partial charge in [-0.15, -0.1) is 0 Å². The number of hydrogen-bond donors (Lipinski definition) is 0. The van der Waals surface area contributed by atoms with Crippen molar-refractivity contribution in [2.75, 3.05) is 0 Å². The van der Waals surface area contributed by atoms with Crippen LogP contribution < -0.4 is 0 Å². The number of furan rings is 1. The van der Waals surface area contributed by atoms with Crippen molar-refractivity contribution in [3.05, 3.63) is 59.7 Å². The molecule has 2 heterocycles. The van der Waals surface area contributed by atoms with Crippen molar-refractivity contribution in [2.45, 2.75) is 13.3 Å². The standard InChI is InChI=1S/C14H13NO/c1-10-9-15-14-8-11(4-5-13(10)14)7-12-3-2-6-16-12/h2-6,8-9,13H,7H2,1H3. The maximum Gasteiger partial charge on any atom is 0.108 e. The van der Waals surface area contributed by atoms with Gasteiger partial charge in [0.2, 0.25) is 0 Å². The molecule has 0 amide bonds. The molecule has 0 bridgehead atoms. The highest BCUT2D eigenvalue weighted by Gasteiger charge is 2.21. The summed E-state index contributed by atoms with van der Waals surface area (Å²) in [5.41, 5.74) is 3.73. The molecule has 0 radical (unpaired) electrons. The predicted molar refractivity (Wildman–Crippen MR) is 64.3 cm³/mol. The predicted octanol–water partition coefficient (Wildman–Crippen LogP) is 3.29. The van der Waals surface area contributed by atoms with E-state index < -0.39 is 0 Å². The summed E-state index contributed by atoms with van der Waals surface area (Å²) >= 11 is 0. The van der Waals surface area contributed by atoms with Gasteiger partial charge in [0.25, 0.3) is 0 Å². The molecule has 0 N–H and O–H groups in total. The summed E-state index contributed by atoms with van der Waals surface area (Å²) in [7, 11) is 0. The molecule has 3 rings (SSSR count). The van der Waals surface area contributed by atoms with Crippen molar-refractivity contribution >= 4 is 5.71 Å². The Labute approximate surface area is 94.7 Å². The van der Waals surface area contributed by atoms with Crippen molar-refractivity contribution in [3.63, 3.8) is 0 Å². The van der Waals surface area contributed by atoms with E-state index in [1.807, 2.05) is 18.3 Å². The zero-order valence-corrected chi connectivity index (χ0v) is 9.18. The minimum atomic E-state index is 0.403. The van der Waals surface area contributed by atoms with Gasteiger partial charge in [0.05, 0.1) is 12.0 Å². The van der Waals surface area contributed by atoms with Crippen molar-refractivity contribution in [1.82, 2.24) is 0 Å². The van der Waals surface area contributed by atoms with Gasteiger partial charge < -0.3 is 4.42 Å². The number of fused-ring (bicyclic) bond motifs is 1. The van der Waals surface area contributed by atoms with Crippen LogP contribution in [0.1, 0.15) is 12.7 Å². The molecule has 1 aromatic rings. The molecule has 2 nitrogen and oxygen atoms in total. The molecule has 1 aliphatic heterocycles. The molecule has 16 heavy (non-hydrogen) atoms. The smallest absolute Gasteiger partial charge is 0.108 e. The average molecular weight is 211 g/mol. The first-order chi connectivity index (χ1) is 7.83. The first-order valence-electron chi connectivity index (χ1n) is 5.48. The molecule has 2 heteroatoms. The van der Waals surface area contributed by atoms with Crippen LogP contribution in [-0.4, -0.2) is 5.71 Å². The molecule has 0 saturated heterocycles. The van der Waals surface area contributed by atoms with E-state index in [0.717, 1.165) is 17.9 Å². The summed E-state index contributed by atoms with van der Waals surface area (Å²) in [6, 6.07) is 3.92. The molecule has 80 valence electrons. The minimum absolute atomic E-state index is 0.403. The van der Waals surface area contributed by atoms with Gasteiger partial charge >= 0.3 is 0 Å². The lowest BCUT2D eigenvalue weighted by Crippen LogP contribution is -2.11. The summed E-state index contributed by atoms with van der Waals surface area (Å²) < 4.78 is 5.34. The molecule has 0 aromatic carbocycles. The van der Waals surface area contributed by atoms with Gasteiger partial charge in [-0.3, -0.25) is 4.99 Å². The first-order valence-corrected chi connectivity index (χ1v) is 5.48. The highest BCUT2D eigenvalue weighted by atomic mass is 16.3. The number of aliphatic imine (C=N–C) groups is 1. The highest BCUT2D eigenvalue weighted by molar-refractivity contribution is 6.03. The van der Waals surface area contributed by atoms with Crippen LogP contribution in [0.2, 0.25) is 0 Å². The fourth-order valence-electron chi connectivity index (χ4n) is 2.13. The third-order valence-electron chi connectivity index (χ3n) is 3.02. The fraction of sp³-hybridized carbons (Fsp3) is 0.214. The van der Waals surface area contributed by atoms with Crippen molar-refractivity contribution in [2.24, 2.45) is 10.9 Å². The molecule has 1 atom stereocenters. The van der Waals surface area contributed by atoms with E-state index in [0.29, 0.717) is 5.92 Å². The molecule has 0 spiro atoms. The quantitative estimate of drug-likeness (QED) is 0.737. The van der Waals surface area contributed by atoms with Gasteiger partial charge in [-0.05, 0) is 36.3 Å². The van der Waals surface area contributed by atoms with Crippen molar-refractivity contribution < 1.29 is 4.42 Å². The molecule has 1 aliphatic carbocycles. The lowest BCUT2D eigenvalue weighted by molar-refractivity contribution is 0.520. The maximum atomic E-state index is 5.34. The number of allylic oxidation sites excluding steroid dienone is 5. The number of nitrogens with zero attached hydrogens (tertiary/aromatic N) is 1. The lowest BCUT2D eigenvalue weighted by atomic mass is 9.90. The van der Waals surface area contributed by atoms with Gasteiger partial charge in [-0.25, -0.2) is 0 Å². The summed E-state index contributed by atoms with van der Waals surface area (Å²) in [4.78, 5) is 4.41. The minimum Gasteiger partial charge on any atom is -0.469 e. The second kappa shape index (κ2) is 3.63. The summed E-state index contributed by atoms with van der Waals surface area (Å²) in [6.07, 6.45) is 11.1. The topological polar surface area (TPSA) is 25.5 Å². The van der Waals surface area contributed by atoms with Crippen LogP contribution in [0, 0.1) is 5.92 Å². The van der Waals surface area contributed by atoms with Gasteiger partial charge in [0.15, 0.2) is 0 Å². The van der Waals surface area contributed by atoms with Crippen LogP contribution in [0.25, 0.3) is 0 Å². The van der Waals surface area contributed by atoms with Crippen LogP contribution in [-0.2, 0) is 6.42 Å². The number of rotatable bonds is 2. The Bertz CT molecular complexity index is 515. The Balaban J connectivity index is 1.81. The molecular weight excluding hydrogens is 198 g/mol.